The standard InChI is InChI=1S/C10H18O/c1-8-6-11-7-9-4-2-3-5-10(8)9/h8-10H,2-7H2,1H3. The largest absolute Gasteiger partial charge is 0.381 e. The van der Waals surface area contributed by atoms with Gasteiger partial charge in [-0.1, -0.05) is 19.8 Å². The SMILES string of the molecule is CC1COCC2CCCCC12. The van der Waals surface area contributed by atoms with Crippen LogP contribution in [0.2, 0.25) is 0 Å². The van der Waals surface area contributed by atoms with Gasteiger partial charge >= 0.3 is 0 Å². The topological polar surface area (TPSA) is 9.23 Å². The number of fused-ring (bicyclic) bond motifs is 1. The average Bonchev–Trinajstić information content (AvgIpc) is 2.06. The highest BCUT2D eigenvalue weighted by atomic mass is 16.5. The first-order valence-electron chi connectivity index (χ1n) is 4.95. The van der Waals surface area contributed by atoms with Crippen LogP contribution in [0, 0.1) is 17.8 Å². The van der Waals surface area contributed by atoms with Gasteiger partial charge in [-0.3, -0.25) is 0 Å². The molecule has 0 aromatic heterocycles. The maximum Gasteiger partial charge on any atom is 0.0497 e. The zero-order valence-electron chi connectivity index (χ0n) is 7.38. The van der Waals surface area contributed by atoms with E-state index in [-0.39, 0.29) is 0 Å². The summed E-state index contributed by atoms with van der Waals surface area (Å²) < 4.78 is 5.55. The van der Waals surface area contributed by atoms with E-state index in [0.29, 0.717) is 0 Å². The van der Waals surface area contributed by atoms with E-state index >= 15 is 0 Å². The minimum absolute atomic E-state index is 0.828. The van der Waals surface area contributed by atoms with Gasteiger partial charge in [-0.15, -0.1) is 0 Å². The molecule has 11 heavy (non-hydrogen) atoms. The predicted octanol–water partition coefficient (Wildman–Crippen LogP) is 2.46. The summed E-state index contributed by atoms with van der Waals surface area (Å²) in [5.74, 6) is 2.74. The molecule has 0 radical (unpaired) electrons. The minimum atomic E-state index is 0.828. The van der Waals surface area contributed by atoms with Gasteiger partial charge in [-0.2, -0.15) is 0 Å². The van der Waals surface area contributed by atoms with Gasteiger partial charge < -0.3 is 4.74 Å². The van der Waals surface area contributed by atoms with Gasteiger partial charge in [0.05, 0.1) is 0 Å². The van der Waals surface area contributed by atoms with Crippen molar-refractivity contribution in [3.8, 4) is 0 Å². The maximum absolute atomic E-state index is 5.55. The van der Waals surface area contributed by atoms with E-state index < -0.39 is 0 Å². The lowest BCUT2D eigenvalue weighted by atomic mass is 9.72. The Balaban J connectivity index is 1.99. The summed E-state index contributed by atoms with van der Waals surface area (Å²) in [6, 6.07) is 0. The van der Waals surface area contributed by atoms with Crippen LogP contribution in [0.25, 0.3) is 0 Å². The Kier molecular flexibility index (Phi) is 2.17. The van der Waals surface area contributed by atoms with E-state index in [1.165, 1.54) is 25.7 Å². The van der Waals surface area contributed by atoms with E-state index in [0.717, 1.165) is 31.0 Å². The fourth-order valence-electron chi connectivity index (χ4n) is 2.72. The second-order valence-electron chi connectivity index (χ2n) is 4.22. The van der Waals surface area contributed by atoms with Crippen LogP contribution in [-0.4, -0.2) is 13.2 Å². The van der Waals surface area contributed by atoms with Gasteiger partial charge in [0.2, 0.25) is 0 Å². The lowest BCUT2D eigenvalue weighted by Gasteiger charge is -2.39. The monoisotopic (exact) mass is 154 g/mol. The molecule has 0 bridgehead atoms. The lowest BCUT2D eigenvalue weighted by molar-refractivity contribution is -0.0396. The third-order valence-corrected chi connectivity index (χ3v) is 3.41. The van der Waals surface area contributed by atoms with E-state index in [1.54, 1.807) is 0 Å². The summed E-state index contributed by atoms with van der Waals surface area (Å²) in [6.07, 6.45) is 5.80. The fourth-order valence-corrected chi connectivity index (χ4v) is 2.72. The highest BCUT2D eigenvalue weighted by molar-refractivity contribution is 4.81. The summed E-state index contributed by atoms with van der Waals surface area (Å²) in [5.41, 5.74) is 0. The Morgan fingerprint density at radius 3 is 2.73 bits per heavy atom. The summed E-state index contributed by atoms with van der Waals surface area (Å²) >= 11 is 0. The molecule has 2 fully saturated rings. The first-order chi connectivity index (χ1) is 5.38. The molecule has 64 valence electrons. The molecule has 1 saturated carbocycles. The molecule has 1 saturated heterocycles. The summed E-state index contributed by atoms with van der Waals surface area (Å²) in [6.45, 7) is 4.42. The normalized spacial score (nSPS) is 45.0. The smallest absolute Gasteiger partial charge is 0.0497 e. The number of hydrogen-bond acceptors (Lipinski definition) is 1. The molecule has 1 aliphatic heterocycles. The third-order valence-electron chi connectivity index (χ3n) is 3.41. The summed E-state index contributed by atoms with van der Waals surface area (Å²) in [7, 11) is 0. The number of rotatable bonds is 0. The Morgan fingerprint density at radius 1 is 1.09 bits per heavy atom. The van der Waals surface area contributed by atoms with Gasteiger partial charge in [-0.25, -0.2) is 0 Å². The van der Waals surface area contributed by atoms with Crippen LogP contribution in [0.1, 0.15) is 32.6 Å². The van der Waals surface area contributed by atoms with Crippen molar-refractivity contribution >= 4 is 0 Å². The molecule has 1 heterocycles. The molecule has 0 aromatic carbocycles. The van der Waals surface area contributed by atoms with Crippen LogP contribution >= 0.6 is 0 Å². The molecule has 1 nitrogen and oxygen atoms in total. The number of ether oxygens (including phenoxy) is 1. The minimum Gasteiger partial charge on any atom is -0.381 e. The highest BCUT2D eigenvalue weighted by Gasteiger charge is 2.32. The molecule has 2 rings (SSSR count). The molecule has 2 aliphatic rings. The quantitative estimate of drug-likeness (QED) is 0.521. The van der Waals surface area contributed by atoms with Crippen LogP contribution < -0.4 is 0 Å². The Labute approximate surface area is 69.1 Å². The first-order valence-corrected chi connectivity index (χ1v) is 4.95. The molecular weight excluding hydrogens is 136 g/mol. The third kappa shape index (κ3) is 1.44. The van der Waals surface area contributed by atoms with Gasteiger partial charge in [0.1, 0.15) is 0 Å². The van der Waals surface area contributed by atoms with Crippen LogP contribution in [-0.2, 0) is 4.74 Å². The molecule has 0 spiro atoms. The van der Waals surface area contributed by atoms with E-state index in [9.17, 15) is 0 Å². The van der Waals surface area contributed by atoms with Crippen molar-refractivity contribution in [1.82, 2.24) is 0 Å². The maximum atomic E-state index is 5.55. The van der Waals surface area contributed by atoms with E-state index in [1.807, 2.05) is 0 Å². The van der Waals surface area contributed by atoms with Crippen LogP contribution in [0.4, 0.5) is 0 Å². The van der Waals surface area contributed by atoms with Crippen molar-refractivity contribution in [3.63, 3.8) is 0 Å². The number of hydrogen-bond donors (Lipinski definition) is 0. The molecular formula is C10H18O. The van der Waals surface area contributed by atoms with E-state index in [4.69, 9.17) is 4.74 Å². The zero-order chi connectivity index (χ0) is 7.68. The predicted molar refractivity (Wildman–Crippen MR) is 45.4 cm³/mol. The molecule has 3 unspecified atom stereocenters. The Bertz CT molecular complexity index is 131. The molecule has 0 aromatic rings. The van der Waals surface area contributed by atoms with Crippen LogP contribution in [0.3, 0.4) is 0 Å². The van der Waals surface area contributed by atoms with Gasteiger partial charge in [0, 0.05) is 13.2 Å². The molecule has 0 amide bonds. The van der Waals surface area contributed by atoms with Crippen molar-refractivity contribution in [2.45, 2.75) is 32.6 Å². The van der Waals surface area contributed by atoms with Crippen LogP contribution in [0.15, 0.2) is 0 Å². The van der Waals surface area contributed by atoms with Crippen molar-refractivity contribution in [2.75, 3.05) is 13.2 Å². The molecule has 1 aliphatic carbocycles. The van der Waals surface area contributed by atoms with Crippen molar-refractivity contribution < 1.29 is 4.74 Å². The fraction of sp³-hybridized carbons (Fsp3) is 1.00. The van der Waals surface area contributed by atoms with Crippen molar-refractivity contribution in [1.29, 1.82) is 0 Å². The molecule has 3 atom stereocenters. The van der Waals surface area contributed by atoms with Gasteiger partial charge in [0.15, 0.2) is 0 Å². The lowest BCUT2D eigenvalue weighted by Crippen LogP contribution is -2.36. The zero-order valence-corrected chi connectivity index (χ0v) is 7.38. The molecule has 1 heteroatoms. The second kappa shape index (κ2) is 3.14. The van der Waals surface area contributed by atoms with E-state index in [2.05, 4.69) is 6.92 Å². The van der Waals surface area contributed by atoms with Gasteiger partial charge in [0.25, 0.3) is 0 Å². The van der Waals surface area contributed by atoms with Crippen molar-refractivity contribution in [2.24, 2.45) is 17.8 Å². The van der Waals surface area contributed by atoms with Crippen LogP contribution in [0.5, 0.6) is 0 Å². The van der Waals surface area contributed by atoms with Gasteiger partial charge in [-0.05, 0) is 30.6 Å². The Hall–Kier alpha value is -0.0400. The van der Waals surface area contributed by atoms with Crippen molar-refractivity contribution in [3.05, 3.63) is 0 Å². The summed E-state index contributed by atoms with van der Waals surface area (Å²) in [5, 5.41) is 0. The summed E-state index contributed by atoms with van der Waals surface area (Å²) in [4.78, 5) is 0. The Morgan fingerprint density at radius 2 is 1.91 bits per heavy atom. The highest BCUT2D eigenvalue weighted by Crippen LogP contribution is 2.38. The molecule has 0 N–H and O–H groups in total. The first kappa shape index (κ1) is 7.60. The average molecular weight is 154 g/mol. The second-order valence-corrected chi connectivity index (χ2v) is 4.22.